The van der Waals surface area contributed by atoms with E-state index in [0.29, 0.717) is 13.1 Å². The maximum atomic E-state index is 12.8. The number of esters is 1. The summed E-state index contributed by atoms with van der Waals surface area (Å²) >= 11 is 0. The minimum Gasteiger partial charge on any atom is -0.468 e. The Morgan fingerprint density at radius 2 is 1.88 bits per heavy atom. The summed E-state index contributed by atoms with van der Waals surface area (Å²) in [6.45, 7) is 0.990. The number of carbonyl (C=O) groups is 3. The van der Waals surface area contributed by atoms with Gasteiger partial charge >= 0.3 is 12.0 Å². The number of urea groups is 1. The number of methoxy groups -OCH3 is 1. The van der Waals surface area contributed by atoms with Crippen LogP contribution in [-0.2, 0) is 14.3 Å². The second kappa shape index (κ2) is 7.35. The first-order valence-electron chi connectivity index (χ1n) is 8.89. The highest BCUT2D eigenvalue weighted by atomic mass is 16.5. The van der Waals surface area contributed by atoms with Crippen molar-refractivity contribution < 1.29 is 19.1 Å². The molecule has 0 aliphatic carbocycles. The van der Waals surface area contributed by atoms with Crippen LogP contribution in [0.15, 0.2) is 30.3 Å². The lowest BCUT2D eigenvalue weighted by molar-refractivity contribution is -0.139. The standard InChI is InChI=1S/C19H25N3O4/c1-21-17(24)15(14-6-4-3-5-7-14)12-19(21)8-10-22(11-9-19)18(25)20-13-16(23)26-2/h3-7,15H,8-13H2,1-2H3,(H,20,25)/t15-/m1/s1. The molecule has 7 nitrogen and oxygen atoms in total. The molecule has 1 aromatic rings. The summed E-state index contributed by atoms with van der Waals surface area (Å²) in [5, 5.41) is 2.57. The number of piperidine rings is 1. The Labute approximate surface area is 153 Å². The molecule has 140 valence electrons. The number of hydrogen-bond donors (Lipinski definition) is 1. The van der Waals surface area contributed by atoms with E-state index in [1.807, 2.05) is 42.3 Å². The van der Waals surface area contributed by atoms with E-state index in [-0.39, 0.29) is 29.9 Å². The van der Waals surface area contributed by atoms with E-state index in [4.69, 9.17) is 0 Å². The SMILES string of the molecule is COC(=O)CNC(=O)N1CCC2(CC1)C[C@H](c1ccccc1)C(=O)N2C. The summed E-state index contributed by atoms with van der Waals surface area (Å²) in [4.78, 5) is 39.7. The van der Waals surface area contributed by atoms with Crippen LogP contribution < -0.4 is 5.32 Å². The molecule has 1 N–H and O–H groups in total. The average Bonchev–Trinajstić information content (AvgIpc) is 2.92. The molecule has 1 spiro atoms. The van der Waals surface area contributed by atoms with Crippen molar-refractivity contribution in [3.63, 3.8) is 0 Å². The molecule has 3 amide bonds. The van der Waals surface area contributed by atoms with Crippen molar-refractivity contribution >= 4 is 17.9 Å². The smallest absolute Gasteiger partial charge is 0.325 e. The molecule has 0 radical (unpaired) electrons. The van der Waals surface area contributed by atoms with E-state index in [0.717, 1.165) is 24.8 Å². The highest BCUT2D eigenvalue weighted by molar-refractivity contribution is 5.87. The number of benzene rings is 1. The monoisotopic (exact) mass is 359 g/mol. The van der Waals surface area contributed by atoms with Crippen LogP contribution in [0.4, 0.5) is 4.79 Å². The Hall–Kier alpha value is -2.57. The molecule has 2 fully saturated rings. The van der Waals surface area contributed by atoms with Crippen LogP contribution in [0.3, 0.4) is 0 Å². The molecule has 2 saturated heterocycles. The van der Waals surface area contributed by atoms with Gasteiger partial charge in [0, 0.05) is 25.7 Å². The number of rotatable bonds is 3. The minimum absolute atomic E-state index is 0.110. The summed E-state index contributed by atoms with van der Waals surface area (Å²) in [6.07, 6.45) is 2.26. The third-order valence-electron chi connectivity index (χ3n) is 5.72. The molecule has 1 atom stereocenters. The fraction of sp³-hybridized carbons (Fsp3) is 0.526. The lowest BCUT2D eigenvalue weighted by atomic mass is 9.81. The molecule has 1 aromatic carbocycles. The lowest BCUT2D eigenvalue weighted by Gasteiger charge is -2.43. The van der Waals surface area contributed by atoms with Gasteiger partial charge in [0.25, 0.3) is 0 Å². The highest BCUT2D eigenvalue weighted by Crippen LogP contribution is 2.44. The molecule has 2 aliphatic heterocycles. The van der Waals surface area contributed by atoms with Gasteiger partial charge in [0.2, 0.25) is 5.91 Å². The largest absolute Gasteiger partial charge is 0.468 e. The summed E-state index contributed by atoms with van der Waals surface area (Å²) in [5.41, 5.74) is 0.857. The van der Waals surface area contributed by atoms with Gasteiger partial charge in [0.15, 0.2) is 0 Å². The molecule has 0 bridgehead atoms. The summed E-state index contributed by atoms with van der Waals surface area (Å²) in [7, 11) is 3.16. The van der Waals surface area contributed by atoms with Crippen molar-refractivity contribution in [1.82, 2.24) is 15.1 Å². The van der Waals surface area contributed by atoms with E-state index in [2.05, 4.69) is 10.1 Å². The van der Waals surface area contributed by atoms with Crippen LogP contribution in [0.1, 0.15) is 30.7 Å². The number of hydrogen-bond acceptors (Lipinski definition) is 4. The van der Waals surface area contributed by atoms with Crippen molar-refractivity contribution in [1.29, 1.82) is 0 Å². The van der Waals surface area contributed by atoms with Crippen molar-refractivity contribution in [2.75, 3.05) is 33.8 Å². The first-order valence-corrected chi connectivity index (χ1v) is 8.89. The number of nitrogens with one attached hydrogen (secondary N) is 1. The van der Waals surface area contributed by atoms with Crippen molar-refractivity contribution in [3.8, 4) is 0 Å². The number of ether oxygens (including phenoxy) is 1. The number of likely N-dealkylation sites (N-methyl/N-ethyl adjacent to an activating group) is 1. The Kier molecular flexibility index (Phi) is 5.15. The fourth-order valence-electron chi connectivity index (χ4n) is 4.01. The van der Waals surface area contributed by atoms with Crippen LogP contribution in [-0.4, -0.2) is 67.0 Å². The van der Waals surface area contributed by atoms with Crippen LogP contribution in [0.2, 0.25) is 0 Å². The van der Waals surface area contributed by atoms with Crippen LogP contribution in [0, 0.1) is 0 Å². The zero-order valence-corrected chi connectivity index (χ0v) is 15.2. The molecule has 2 aliphatic rings. The van der Waals surface area contributed by atoms with Gasteiger partial charge in [-0.25, -0.2) is 4.79 Å². The van der Waals surface area contributed by atoms with E-state index in [1.165, 1.54) is 7.11 Å². The molecule has 3 rings (SSSR count). The first kappa shape index (κ1) is 18.2. The number of likely N-dealkylation sites (tertiary alicyclic amines) is 2. The van der Waals surface area contributed by atoms with Gasteiger partial charge in [-0.3, -0.25) is 9.59 Å². The second-order valence-electron chi connectivity index (χ2n) is 7.01. The van der Waals surface area contributed by atoms with Gasteiger partial charge in [-0.2, -0.15) is 0 Å². The van der Waals surface area contributed by atoms with Gasteiger partial charge in [-0.05, 0) is 24.8 Å². The van der Waals surface area contributed by atoms with Crippen LogP contribution in [0.25, 0.3) is 0 Å². The average molecular weight is 359 g/mol. The fourth-order valence-corrected chi connectivity index (χ4v) is 4.01. The predicted molar refractivity (Wildman–Crippen MR) is 95.5 cm³/mol. The summed E-state index contributed by atoms with van der Waals surface area (Å²) in [6, 6.07) is 9.62. The molecular weight excluding hydrogens is 334 g/mol. The molecule has 2 heterocycles. The summed E-state index contributed by atoms with van der Waals surface area (Å²) < 4.78 is 4.53. The number of amides is 3. The van der Waals surface area contributed by atoms with Crippen molar-refractivity contribution in [2.24, 2.45) is 0 Å². The van der Waals surface area contributed by atoms with E-state index < -0.39 is 5.97 Å². The molecule has 7 heteroatoms. The Bertz CT molecular complexity index is 683. The van der Waals surface area contributed by atoms with Crippen LogP contribution in [0.5, 0.6) is 0 Å². The van der Waals surface area contributed by atoms with Gasteiger partial charge < -0.3 is 19.9 Å². The van der Waals surface area contributed by atoms with Gasteiger partial charge in [0.05, 0.1) is 13.0 Å². The number of carbonyl (C=O) groups excluding carboxylic acids is 3. The molecule has 26 heavy (non-hydrogen) atoms. The quantitative estimate of drug-likeness (QED) is 0.827. The maximum absolute atomic E-state index is 12.8. The molecular formula is C19H25N3O4. The Morgan fingerprint density at radius 3 is 2.50 bits per heavy atom. The second-order valence-corrected chi connectivity index (χ2v) is 7.01. The van der Waals surface area contributed by atoms with E-state index in [9.17, 15) is 14.4 Å². The lowest BCUT2D eigenvalue weighted by Crippen LogP contribution is -2.54. The van der Waals surface area contributed by atoms with E-state index in [1.54, 1.807) is 4.90 Å². The van der Waals surface area contributed by atoms with Crippen molar-refractivity contribution in [2.45, 2.75) is 30.7 Å². The zero-order valence-electron chi connectivity index (χ0n) is 15.2. The Balaban J connectivity index is 1.62. The normalized spacial score (nSPS) is 21.8. The summed E-state index contributed by atoms with van der Waals surface area (Å²) in [5.74, 6) is -0.431. The highest BCUT2D eigenvalue weighted by Gasteiger charge is 2.50. The topological polar surface area (TPSA) is 79.0 Å². The third kappa shape index (κ3) is 3.38. The minimum atomic E-state index is -0.473. The van der Waals surface area contributed by atoms with Gasteiger partial charge in [-0.1, -0.05) is 30.3 Å². The van der Waals surface area contributed by atoms with Gasteiger partial charge in [0.1, 0.15) is 6.54 Å². The molecule has 0 aromatic heterocycles. The zero-order chi connectivity index (χ0) is 18.7. The Morgan fingerprint density at radius 1 is 1.23 bits per heavy atom. The van der Waals surface area contributed by atoms with Crippen LogP contribution >= 0.6 is 0 Å². The number of nitrogens with zero attached hydrogens (tertiary/aromatic N) is 2. The molecule has 0 unspecified atom stereocenters. The van der Waals surface area contributed by atoms with Gasteiger partial charge in [-0.15, -0.1) is 0 Å². The molecule has 0 saturated carbocycles. The van der Waals surface area contributed by atoms with E-state index >= 15 is 0 Å². The maximum Gasteiger partial charge on any atom is 0.325 e. The first-order chi connectivity index (χ1) is 12.5. The predicted octanol–water partition coefficient (Wildman–Crippen LogP) is 1.35. The van der Waals surface area contributed by atoms with Crippen molar-refractivity contribution in [3.05, 3.63) is 35.9 Å². The third-order valence-corrected chi connectivity index (χ3v) is 5.72.